The van der Waals surface area contributed by atoms with Crippen molar-refractivity contribution in [2.45, 2.75) is 65.8 Å². The molecule has 1 saturated carbocycles. The Bertz CT molecular complexity index is 433. The molecule has 0 bridgehead atoms. The zero-order valence-electron chi connectivity index (χ0n) is 14.0. The predicted octanol–water partition coefficient (Wildman–Crippen LogP) is 3.65. The van der Waals surface area contributed by atoms with E-state index in [2.05, 4.69) is 43.2 Å². The predicted molar refractivity (Wildman–Crippen MR) is 87.8 cm³/mol. The standard InChI is InChI=1S/C16H29N3O.ClH/c1-11-6-13(10-16(3,4)9-11)8-15-18-14(19-20-15)7-12(2)17-5;/h11-13,17H,6-10H2,1-5H3;1H. The number of nitrogens with one attached hydrogen (secondary N) is 1. The maximum Gasteiger partial charge on any atom is 0.226 e. The molecule has 21 heavy (non-hydrogen) atoms. The van der Waals surface area contributed by atoms with Crippen LogP contribution in [0.5, 0.6) is 0 Å². The van der Waals surface area contributed by atoms with Gasteiger partial charge in [-0.25, -0.2) is 0 Å². The molecule has 122 valence electrons. The van der Waals surface area contributed by atoms with E-state index in [1.807, 2.05) is 7.05 Å². The topological polar surface area (TPSA) is 51.0 Å². The number of hydrogen-bond acceptors (Lipinski definition) is 4. The van der Waals surface area contributed by atoms with Gasteiger partial charge in [-0.05, 0) is 50.5 Å². The van der Waals surface area contributed by atoms with Gasteiger partial charge in [0.15, 0.2) is 5.82 Å². The van der Waals surface area contributed by atoms with Crippen LogP contribution in [-0.4, -0.2) is 23.2 Å². The van der Waals surface area contributed by atoms with Gasteiger partial charge >= 0.3 is 0 Å². The van der Waals surface area contributed by atoms with E-state index in [4.69, 9.17) is 4.52 Å². The van der Waals surface area contributed by atoms with Gasteiger partial charge in [0, 0.05) is 18.9 Å². The molecule has 0 amide bonds. The highest BCUT2D eigenvalue weighted by molar-refractivity contribution is 5.85. The molecule has 1 aliphatic carbocycles. The van der Waals surface area contributed by atoms with Gasteiger partial charge in [-0.1, -0.05) is 25.9 Å². The second-order valence-electron chi connectivity index (χ2n) is 7.48. The number of nitrogens with zero attached hydrogens (tertiary/aromatic N) is 2. The van der Waals surface area contributed by atoms with Crippen LogP contribution >= 0.6 is 12.4 Å². The quantitative estimate of drug-likeness (QED) is 0.901. The Balaban J connectivity index is 0.00000220. The van der Waals surface area contributed by atoms with Crippen LogP contribution in [0.3, 0.4) is 0 Å². The fourth-order valence-corrected chi connectivity index (χ4v) is 3.78. The fraction of sp³-hybridized carbons (Fsp3) is 0.875. The van der Waals surface area contributed by atoms with E-state index in [1.54, 1.807) is 0 Å². The third-order valence-corrected chi connectivity index (χ3v) is 4.43. The van der Waals surface area contributed by atoms with Crippen LogP contribution in [0.1, 0.15) is 58.7 Å². The lowest BCUT2D eigenvalue weighted by Gasteiger charge is -2.38. The number of aromatic nitrogens is 2. The number of hydrogen-bond donors (Lipinski definition) is 1. The van der Waals surface area contributed by atoms with E-state index >= 15 is 0 Å². The first kappa shape index (κ1) is 18.4. The van der Waals surface area contributed by atoms with Crippen molar-refractivity contribution >= 4 is 12.4 Å². The molecule has 2 rings (SSSR count). The third kappa shape index (κ3) is 5.59. The normalized spacial score (nSPS) is 26.1. The molecule has 0 saturated heterocycles. The molecule has 1 aromatic rings. The Morgan fingerprint density at radius 2 is 2.10 bits per heavy atom. The molecule has 1 aliphatic rings. The van der Waals surface area contributed by atoms with Crippen LogP contribution < -0.4 is 5.32 Å². The molecule has 3 unspecified atom stereocenters. The maximum absolute atomic E-state index is 5.43. The van der Waals surface area contributed by atoms with E-state index in [0.717, 1.165) is 30.5 Å². The highest BCUT2D eigenvalue weighted by Crippen LogP contribution is 2.42. The van der Waals surface area contributed by atoms with Crippen molar-refractivity contribution in [3.8, 4) is 0 Å². The molecule has 1 heterocycles. The van der Waals surface area contributed by atoms with Gasteiger partial charge < -0.3 is 9.84 Å². The molecule has 0 spiro atoms. The van der Waals surface area contributed by atoms with Crippen LogP contribution in [0.4, 0.5) is 0 Å². The Morgan fingerprint density at radius 1 is 1.38 bits per heavy atom. The molecular weight excluding hydrogens is 286 g/mol. The molecule has 4 nitrogen and oxygen atoms in total. The van der Waals surface area contributed by atoms with Crippen molar-refractivity contribution < 1.29 is 4.52 Å². The minimum atomic E-state index is 0. The summed E-state index contributed by atoms with van der Waals surface area (Å²) in [6, 6.07) is 0.383. The van der Waals surface area contributed by atoms with E-state index in [9.17, 15) is 0 Å². The number of likely N-dealkylation sites (N-methyl/N-ethyl adjacent to an activating group) is 1. The van der Waals surface area contributed by atoms with E-state index in [1.165, 1.54) is 19.3 Å². The average Bonchev–Trinajstić information content (AvgIpc) is 2.73. The fourth-order valence-electron chi connectivity index (χ4n) is 3.78. The van der Waals surface area contributed by atoms with Gasteiger partial charge in [0.2, 0.25) is 5.89 Å². The molecule has 0 radical (unpaired) electrons. The maximum atomic E-state index is 5.43. The van der Waals surface area contributed by atoms with Gasteiger partial charge in [-0.2, -0.15) is 4.98 Å². The zero-order valence-corrected chi connectivity index (χ0v) is 14.8. The minimum Gasteiger partial charge on any atom is -0.339 e. The average molecular weight is 316 g/mol. The summed E-state index contributed by atoms with van der Waals surface area (Å²) in [4.78, 5) is 4.55. The monoisotopic (exact) mass is 315 g/mol. The van der Waals surface area contributed by atoms with Gasteiger partial charge in [0.05, 0.1) is 0 Å². The van der Waals surface area contributed by atoms with Crippen molar-refractivity contribution in [1.82, 2.24) is 15.5 Å². The third-order valence-electron chi connectivity index (χ3n) is 4.43. The van der Waals surface area contributed by atoms with Crippen molar-refractivity contribution in [2.24, 2.45) is 17.3 Å². The molecule has 3 atom stereocenters. The van der Waals surface area contributed by atoms with E-state index in [-0.39, 0.29) is 12.4 Å². The second kappa shape index (κ2) is 7.59. The van der Waals surface area contributed by atoms with Gasteiger partial charge in [0.25, 0.3) is 0 Å². The first-order valence-corrected chi connectivity index (χ1v) is 7.86. The van der Waals surface area contributed by atoms with Crippen LogP contribution in [0.25, 0.3) is 0 Å². The Hall–Kier alpha value is -0.610. The van der Waals surface area contributed by atoms with Crippen molar-refractivity contribution in [3.63, 3.8) is 0 Å². The first-order valence-electron chi connectivity index (χ1n) is 7.86. The summed E-state index contributed by atoms with van der Waals surface area (Å²) in [5, 5.41) is 7.30. The highest BCUT2D eigenvalue weighted by Gasteiger charge is 2.32. The summed E-state index contributed by atoms with van der Waals surface area (Å²) in [7, 11) is 1.96. The molecule has 0 aliphatic heterocycles. The van der Waals surface area contributed by atoms with Crippen molar-refractivity contribution in [1.29, 1.82) is 0 Å². The molecule has 0 aromatic carbocycles. The van der Waals surface area contributed by atoms with Crippen LogP contribution in [0, 0.1) is 17.3 Å². The summed E-state index contributed by atoms with van der Waals surface area (Å²) >= 11 is 0. The molecule has 1 N–H and O–H groups in total. The van der Waals surface area contributed by atoms with Crippen LogP contribution in [0.2, 0.25) is 0 Å². The Labute approximate surface area is 134 Å². The summed E-state index contributed by atoms with van der Waals surface area (Å²) in [5.41, 5.74) is 0.450. The van der Waals surface area contributed by atoms with Crippen LogP contribution in [-0.2, 0) is 12.8 Å². The number of rotatable bonds is 5. The molecule has 1 aromatic heterocycles. The Kier molecular flexibility index (Phi) is 6.67. The van der Waals surface area contributed by atoms with E-state index in [0.29, 0.717) is 17.4 Å². The zero-order chi connectivity index (χ0) is 14.8. The smallest absolute Gasteiger partial charge is 0.226 e. The molecular formula is C16H30ClN3O. The highest BCUT2D eigenvalue weighted by atomic mass is 35.5. The largest absolute Gasteiger partial charge is 0.339 e. The summed E-state index contributed by atoms with van der Waals surface area (Å²) in [6.45, 7) is 9.25. The van der Waals surface area contributed by atoms with Crippen molar-refractivity contribution in [2.75, 3.05) is 7.05 Å². The molecule has 5 heteroatoms. The number of halogens is 1. The second-order valence-corrected chi connectivity index (χ2v) is 7.48. The lowest BCUT2D eigenvalue weighted by atomic mass is 9.67. The Morgan fingerprint density at radius 3 is 2.71 bits per heavy atom. The summed E-state index contributed by atoms with van der Waals surface area (Å²) in [5.74, 6) is 3.13. The van der Waals surface area contributed by atoms with Gasteiger partial charge in [-0.3, -0.25) is 0 Å². The summed E-state index contributed by atoms with van der Waals surface area (Å²) < 4.78 is 5.43. The lowest BCUT2D eigenvalue weighted by Crippen LogP contribution is -2.28. The summed E-state index contributed by atoms with van der Waals surface area (Å²) in [6.07, 6.45) is 5.65. The van der Waals surface area contributed by atoms with E-state index < -0.39 is 0 Å². The minimum absolute atomic E-state index is 0. The van der Waals surface area contributed by atoms with Crippen molar-refractivity contribution in [3.05, 3.63) is 11.7 Å². The first-order chi connectivity index (χ1) is 9.38. The molecule has 1 fully saturated rings. The van der Waals surface area contributed by atoms with Crippen LogP contribution in [0.15, 0.2) is 4.52 Å². The SMILES string of the molecule is CNC(C)Cc1noc(CC2CC(C)CC(C)(C)C2)n1.Cl. The van der Waals surface area contributed by atoms with Gasteiger partial charge in [0.1, 0.15) is 0 Å². The lowest BCUT2D eigenvalue weighted by molar-refractivity contribution is 0.127. The van der Waals surface area contributed by atoms with Gasteiger partial charge in [-0.15, -0.1) is 12.4 Å².